The molecule has 10 heteroatoms. The van der Waals surface area contributed by atoms with Crippen LogP contribution < -0.4 is 24.4 Å². The summed E-state index contributed by atoms with van der Waals surface area (Å²) >= 11 is 0. The Kier molecular flexibility index (Phi) is 7.14. The summed E-state index contributed by atoms with van der Waals surface area (Å²) in [7, 11) is 4.52. The number of nitrogens with one attached hydrogen (secondary N) is 1. The van der Waals surface area contributed by atoms with Gasteiger partial charge in [-0.3, -0.25) is 9.59 Å². The molecule has 0 spiro atoms. The second-order valence-corrected chi connectivity index (χ2v) is 8.59. The highest BCUT2D eigenvalue weighted by atomic mass is 19.1. The Bertz CT molecular complexity index is 1250. The molecule has 1 aliphatic rings. The Labute approximate surface area is 208 Å². The lowest BCUT2D eigenvalue weighted by molar-refractivity contribution is -0.126. The minimum atomic E-state index is -0.522. The number of hydrogen-bond acceptors (Lipinski definition) is 6. The fourth-order valence-corrected chi connectivity index (χ4v) is 4.45. The topological polar surface area (TPSA) is 94.9 Å². The van der Waals surface area contributed by atoms with E-state index < -0.39 is 5.92 Å². The normalized spacial score (nSPS) is 16.1. The SMILES string of the molecule is COc1cc(N2CC(C(=O)NC(C)c3cnn(-c4ccc(F)cc4)c3C)CC2=O)cc(OC)c1OC. The minimum Gasteiger partial charge on any atom is -0.493 e. The van der Waals surface area contributed by atoms with E-state index in [0.717, 1.165) is 16.9 Å². The van der Waals surface area contributed by atoms with Gasteiger partial charge in [0, 0.05) is 36.4 Å². The number of hydrogen-bond donors (Lipinski definition) is 1. The average molecular weight is 497 g/mol. The molecule has 0 radical (unpaired) electrons. The van der Waals surface area contributed by atoms with E-state index in [0.29, 0.717) is 22.9 Å². The first-order valence-electron chi connectivity index (χ1n) is 11.5. The first-order valence-corrected chi connectivity index (χ1v) is 11.5. The van der Waals surface area contributed by atoms with E-state index in [1.165, 1.54) is 33.5 Å². The van der Waals surface area contributed by atoms with Crippen LogP contribution in [0.3, 0.4) is 0 Å². The predicted octanol–water partition coefficient (Wildman–Crippen LogP) is 3.58. The zero-order chi connectivity index (χ0) is 26.0. The van der Waals surface area contributed by atoms with Crippen molar-refractivity contribution in [3.05, 3.63) is 59.7 Å². The van der Waals surface area contributed by atoms with Gasteiger partial charge in [-0.25, -0.2) is 9.07 Å². The Hall–Kier alpha value is -4.08. The molecule has 9 nitrogen and oxygen atoms in total. The number of anilines is 1. The maximum atomic E-state index is 13.3. The minimum absolute atomic E-state index is 0.0863. The zero-order valence-electron chi connectivity index (χ0n) is 20.9. The first-order chi connectivity index (χ1) is 17.3. The highest BCUT2D eigenvalue weighted by Gasteiger charge is 2.36. The van der Waals surface area contributed by atoms with E-state index in [-0.39, 0.29) is 36.6 Å². The van der Waals surface area contributed by atoms with Gasteiger partial charge in [0.2, 0.25) is 17.6 Å². The van der Waals surface area contributed by atoms with E-state index in [1.54, 1.807) is 40.0 Å². The van der Waals surface area contributed by atoms with E-state index >= 15 is 0 Å². The summed E-state index contributed by atoms with van der Waals surface area (Å²) in [6.45, 7) is 3.98. The van der Waals surface area contributed by atoms with Crippen LogP contribution in [-0.2, 0) is 9.59 Å². The van der Waals surface area contributed by atoms with Gasteiger partial charge in [0.25, 0.3) is 0 Å². The molecule has 36 heavy (non-hydrogen) atoms. The van der Waals surface area contributed by atoms with Crippen molar-refractivity contribution in [1.29, 1.82) is 0 Å². The van der Waals surface area contributed by atoms with Crippen molar-refractivity contribution in [2.24, 2.45) is 5.92 Å². The van der Waals surface area contributed by atoms with Crippen LogP contribution >= 0.6 is 0 Å². The predicted molar refractivity (Wildman–Crippen MR) is 131 cm³/mol. The van der Waals surface area contributed by atoms with E-state index in [4.69, 9.17) is 14.2 Å². The molecule has 2 heterocycles. The number of halogens is 1. The Morgan fingerprint density at radius 1 is 1.08 bits per heavy atom. The second kappa shape index (κ2) is 10.3. The lowest BCUT2D eigenvalue weighted by Crippen LogP contribution is -2.34. The lowest BCUT2D eigenvalue weighted by Gasteiger charge is -2.21. The molecule has 0 saturated carbocycles. The largest absolute Gasteiger partial charge is 0.493 e. The molecule has 2 amide bonds. The summed E-state index contributed by atoms with van der Waals surface area (Å²) in [4.78, 5) is 27.5. The quantitative estimate of drug-likeness (QED) is 0.512. The Morgan fingerprint density at radius 2 is 1.72 bits per heavy atom. The van der Waals surface area contributed by atoms with Crippen LogP contribution in [-0.4, -0.2) is 49.5 Å². The standard InChI is InChI=1S/C26H29FN4O5/c1-15(21-13-28-31(16(21)2)19-8-6-18(27)7-9-19)29-26(33)17-10-24(32)30(14-17)20-11-22(34-3)25(36-5)23(12-20)35-4/h6-9,11-13,15,17H,10,14H2,1-5H3,(H,29,33). The third-order valence-electron chi connectivity index (χ3n) is 6.40. The fourth-order valence-electron chi connectivity index (χ4n) is 4.45. The summed E-state index contributed by atoms with van der Waals surface area (Å²) < 4.78 is 31.1. The maximum absolute atomic E-state index is 13.3. The lowest BCUT2D eigenvalue weighted by atomic mass is 10.1. The molecule has 1 saturated heterocycles. The highest BCUT2D eigenvalue weighted by molar-refractivity contribution is 6.00. The number of ether oxygens (including phenoxy) is 3. The van der Waals surface area contributed by atoms with Crippen molar-refractivity contribution in [3.63, 3.8) is 0 Å². The van der Waals surface area contributed by atoms with Gasteiger partial charge in [-0.05, 0) is 38.1 Å². The van der Waals surface area contributed by atoms with Gasteiger partial charge in [0.1, 0.15) is 5.82 Å². The molecule has 1 aromatic heterocycles. The fraction of sp³-hybridized carbons (Fsp3) is 0.346. The van der Waals surface area contributed by atoms with Crippen LogP contribution in [0.4, 0.5) is 10.1 Å². The number of amides is 2. The van der Waals surface area contributed by atoms with Crippen LogP contribution in [0, 0.1) is 18.7 Å². The van der Waals surface area contributed by atoms with Gasteiger partial charge < -0.3 is 24.4 Å². The molecule has 4 rings (SSSR count). The van der Waals surface area contributed by atoms with Crippen molar-refractivity contribution in [1.82, 2.24) is 15.1 Å². The number of aromatic nitrogens is 2. The molecule has 3 aromatic rings. The van der Waals surface area contributed by atoms with E-state index in [2.05, 4.69) is 10.4 Å². The number of methoxy groups -OCH3 is 3. The number of carbonyl (C=O) groups is 2. The number of benzene rings is 2. The summed E-state index contributed by atoms with van der Waals surface area (Å²) in [5.41, 5.74) is 2.95. The van der Waals surface area contributed by atoms with Crippen molar-refractivity contribution in [3.8, 4) is 22.9 Å². The van der Waals surface area contributed by atoms with E-state index in [9.17, 15) is 14.0 Å². The molecular weight excluding hydrogens is 467 g/mol. The highest BCUT2D eigenvalue weighted by Crippen LogP contribution is 2.42. The van der Waals surface area contributed by atoms with Gasteiger partial charge in [-0.1, -0.05) is 0 Å². The maximum Gasteiger partial charge on any atom is 0.227 e. The molecule has 1 fully saturated rings. The van der Waals surface area contributed by atoms with Gasteiger partial charge in [0.15, 0.2) is 11.5 Å². The molecule has 2 atom stereocenters. The monoisotopic (exact) mass is 496 g/mol. The summed E-state index contributed by atoms with van der Waals surface area (Å²) in [5, 5.41) is 7.41. The van der Waals surface area contributed by atoms with Crippen molar-refractivity contribution in [2.75, 3.05) is 32.8 Å². The van der Waals surface area contributed by atoms with Gasteiger partial charge in [-0.15, -0.1) is 0 Å². The molecule has 190 valence electrons. The summed E-state index contributed by atoms with van der Waals surface area (Å²) in [6.07, 6.45) is 1.77. The summed E-state index contributed by atoms with van der Waals surface area (Å²) in [6, 6.07) is 9.08. The van der Waals surface area contributed by atoms with Gasteiger partial charge in [0.05, 0.1) is 50.9 Å². The number of carbonyl (C=O) groups excluding carboxylic acids is 2. The molecule has 1 N–H and O–H groups in total. The number of nitrogens with zero attached hydrogens (tertiary/aromatic N) is 3. The second-order valence-electron chi connectivity index (χ2n) is 8.59. The molecular formula is C26H29FN4O5. The van der Waals surface area contributed by atoms with Crippen molar-refractivity contribution < 1.29 is 28.2 Å². The number of rotatable bonds is 8. The van der Waals surface area contributed by atoms with Crippen molar-refractivity contribution >= 4 is 17.5 Å². The smallest absolute Gasteiger partial charge is 0.227 e. The van der Waals surface area contributed by atoms with Crippen LogP contribution in [0.1, 0.15) is 30.6 Å². The van der Waals surface area contributed by atoms with Crippen LogP contribution in [0.25, 0.3) is 5.69 Å². The molecule has 0 bridgehead atoms. The summed E-state index contributed by atoms with van der Waals surface area (Å²) in [5.74, 6) is 0.0411. The molecule has 0 aliphatic carbocycles. The molecule has 2 unspecified atom stereocenters. The van der Waals surface area contributed by atoms with Gasteiger partial charge >= 0.3 is 0 Å². The van der Waals surface area contributed by atoms with Gasteiger partial charge in [-0.2, -0.15) is 5.10 Å². The van der Waals surface area contributed by atoms with E-state index in [1.807, 2.05) is 13.8 Å². The Morgan fingerprint density at radius 3 is 2.31 bits per heavy atom. The first kappa shape index (κ1) is 25.0. The van der Waals surface area contributed by atoms with Crippen LogP contribution in [0.2, 0.25) is 0 Å². The zero-order valence-corrected chi connectivity index (χ0v) is 20.9. The third-order valence-corrected chi connectivity index (χ3v) is 6.40. The molecule has 1 aliphatic heterocycles. The van der Waals surface area contributed by atoms with Crippen LogP contribution in [0.5, 0.6) is 17.2 Å². The van der Waals surface area contributed by atoms with Crippen molar-refractivity contribution in [2.45, 2.75) is 26.3 Å². The van der Waals surface area contributed by atoms with Crippen LogP contribution in [0.15, 0.2) is 42.6 Å². The average Bonchev–Trinajstić information content (AvgIpc) is 3.46. The third kappa shape index (κ3) is 4.71. The Balaban J connectivity index is 1.47. The molecule has 2 aromatic carbocycles.